The predicted octanol–water partition coefficient (Wildman–Crippen LogP) is 2.92. The number of hydrogen-bond acceptors (Lipinski definition) is 4. The van der Waals surface area contributed by atoms with Crippen LogP contribution >= 0.6 is 0 Å². The van der Waals surface area contributed by atoms with Gasteiger partial charge in [0.05, 0.1) is 5.60 Å². The van der Waals surface area contributed by atoms with E-state index in [-0.39, 0.29) is 5.60 Å². The van der Waals surface area contributed by atoms with Crippen LogP contribution in [0.4, 0.5) is 5.69 Å². The van der Waals surface area contributed by atoms with E-state index in [0.717, 1.165) is 43.7 Å². The lowest BCUT2D eigenvalue weighted by atomic mass is 9.77. The molecule has 1 heterocycles. The normalized spacial score (nSPS) is 19.3. The summed E-state index contributed by atoms with van der Waals surface area (Å²) in [7, 11) is 0. The van der Waals surface area contributed by atoms with Gasteiger partial charge in [0.15, 0.2) is 0 Å². The minimum Gasteiger partial charge on any atom is -0.398 e. The second kappa shape index (κ2) is 7.76. The van der Waals surface area contributed by atoms with Gasteiger partial charge in [0.1, 0.15) is 0 Å². The molecule has 1 saturated carbocycles. The molecular formula is C17H29N3O. The first-order valence-corrected chi connectivity index (χ1v) is 8.27. The van der Waals surface area contributed by atoms with E-state index in [1.165, 1.54) is 19.3 Å². The van der Waals surface area contributed by atoms with Crippen molar-refractivity contribution in [2.24, 2.45) is 0 Å². The first-order chi connectivity index (χ1) is 10.2. The molecule has 0 spiro atoms. The molecule has 0 aliphatic heterocycles. The molecule has 1 atom stereocenters. The third-order valence-corrected chi connectivity index (χ3v) is 4.58. The highest BCUT2D eigenvalue weighted by atomic mass is 16.5. The Labute approximate surface area is 128 Å². The number of pyridine rings is 1. The van der Waals surface area contributed by atoms with Crippen LogP contribution in [0.3, 0.4) is 0 Å². The maximum Gasteiger partial charge on any atom is 0.0837 e. The summed E-state index contributed by atoms with van der Waals surface area (Å²) in [6.45, 7) is 5.96. The Balaban J connectivity index is 2.21. The molecule has 0 saturated heterocycles. The number of hydrogen-bond donors (Lipinski definition) is 2. The Bertz CT molecular complexity index is 424. The number of anilines is 1. The molecule has 0 radical (unpaired) electrons. The number of ether oxygens (including phenoxy) is 1. The zero-order valence-electron chi connectivity index (χ0n) is 13.4. The van der Waals surface area contributed by atoms with Gasteiger partial charge in [-0.05, 0) is 44.4 Å². The van der Waals surface area contributed by atoms with Crippen LogP contribution in [-0.2, 0) is 11.2 Å². The van der Waals surface area contributed by atoms with Crippen molar-refractivity contribution in [1.82, 2.24) is 10.3 Å². The number of nitrogens with one attached hydrogen (secondary N) is 1. The maximum absolute atomic E-state index is 6.27. The van der Waals surface area contributed by atoms with Crippen molar-refractivity contribution in [3.63, 3.8) is 0 Å². The van der Waals surface area contributed by atoms with E-state index in [9.17, 15) is 0 Å². The molecule has 1 fully saturated rings. The lowest BCUT2D eigenvalue weighted by Gasteiger charge is -2.44. The van der Waals surface area contributed by atoms with Gasteiger partial charge in [-0.1, -0.05) is 26.2 Å². The van der Waals surface area contributed by atoms with Crippen LogP contribution in [0.15, 0.2) is 18.5 Å². The highest BCUT2D eigenvalue weighted by molar-refractivity contribution is 5.44. The summed E-state index contributed by atoms with van der Waals surface area (Å²) in [5, 5.41) is 3.65. The molecule has 1 unspecified atom stereocenters. The number of rotatable bonds is 7. The third kappa shape index (κ3) is 3.95. The maximum atomic E-state index is 6.27. The smallest absolute Gasteiger partial charge is 0.0837 e. The molecule has 0 aromatic carbocycles. The molecular weight excluding hydrogens is 262 g/mol. The summed E-state index contributed by atoms with van der Waals surface area (Å²) < 4.78 is 6.27. The van der Waals surface area contributed by atoms with E-state index in [1.807, 2.05) is 12.3 Å². The second-order valence-corrected chi connectivity index (χ2v) is 5.95. The van der Waals surface area contributed by atoms with Gasteiger partial charge in [-0.2, -0.15) is 0 Å². The highest BCUT2D eigenvalue weighted by Gasteiger charge is 2.40. The van der Waals surface area contributed by atoms with Gasteiger partial charge in [0.25, 0.3) is 0 Å². The van der Waals surface area contributed by atoms with Gasteiger partial charge in [0, 0.05) is 30.7 Å². The molecule has 21 heavy (non-hydrogen) atoms. The van der Waals surface area contributed by atoms with Gasteiger partial charge in [-0.15, -0.1) is 0 Å². The van der Waals surface area contributed by atoms with Crippen LogP contribution in [0.2, 0.25) is 0 Å². The largest absolute Gasteiger partial charge is 0.398 e. The van der Waals surface area contributed by atoms with Crippen molar-refractivity contribution in [3.05, 3.63) is 24.0 Å². The van der Waals surface area contributed by atoms with E-state index in [0.29, 0.717) is 6.04 Å². The summed E-state index contributed by atoms with van der Waals surface area (Å²) in [4.78, 5) is 4.22. The van der Waals surface area contributed by atoms with Gasteiger partial charge in [-0.3, -0.25) is 4.98 Å². The number of nitrogens with two attached hydrogens (primary N) is 1. The van der Waals surface area contributed by atoms with Crippen LogP contribution in [-0.4, -0.2) is 29.8 Å². The average Bonchev–Trinajstić information content (AvgIpc) is 2.50. The Hall–Kier alpha value is -1.13. The van der Waals surface area contributed by atoms with Crippen molar-refractivity contribution < 1.29 is 4.74 Å². The molecule has 0 bridgehead atoms. The molecule has 118 valence electrons. The molecule has 4 heteroatoms. The molecule has 2 rings (SSSR count). The Kier molecular flexibility index (Phi) is 6.00. The first-order valence-electron chi connectivity index (χ1n) is 8.27. The van der Waals surface area contributed by atoms with Gasteiger partial charge in [-0.25, -0.2) is 0 Å². The van der Waals surface area contributed by atoms with Crippen molar-refractivity contribution in [3.8, 4) is 0 Å². The average molecular weight is 291 g/mol. The quantitative estimate of drug-likeness (QED) is 0.811. The number of nitrogens with zero attached hydrogens (tertiary/aromatic N) is 1. The fourth-order valence-electron chi connectivity index (χ4n) is 3.55. The Morgan fingerprint density at radius 3 is 2.71 bits per heavy atom. The molecule has 1 aromatic heterocycles. The fourth-order valence-corrected chi connectivity index (χ4v) is 3.55. The van der Waals surface area contributed by atoms with Crippen LogP contribution < -0.4 is 11.1 Å². The van der Waals surface area contributed by atoms with E-state index >= 15 is 0 Å². The molecule has 0 amide bonds. The van der Waals surface area contributed by atoms with Crippen molar-refractivity contribution in [1.29, 1.82) is 0 Å². The van der Waals surface area contributed by atoms with Crippen LogP contribution in [0.5, 0.6) is 0 Å². The molecule has 1 aliphatic carbocycles. The zero-order valence-corrected chi connectivity index (χ0v) is 13.4. The second-order valence-electron chi connectivity index (χ2n) is 5.95. The minimum absolute atomic E-state index is 0.0503. The van der Waals surface area contributed by atoms with E-state index in [2.05, 4.69) is 24.1 Å². The lowest BCUT2D eigenvalue weighted by Crippen LogP contribution is -2.55. The molecule has 1 aromatic rings. The van der Waals surface area contributed by atoms with Crippen LogP contribution in [0, 0.1) is 0 Å². The number of aromatic nitrogens is 1. The summed E-state index contributed by atoms with van der Waals surface area (Å²) in [6.07, 6.45) is 10.6. The van der Waals surface area contributed by atoms with Crippen molar-refractivity contribution >= 4 is 5.69 Å². The summed E-state index contributed by atoms with van der Waals surface area (Å²) in [5.41, 5.74) is 8.00. The minimum atomic E-state index is -0.0503. The van der Waals surface area contributed by atoms with Crippen LogP contribution in [0.25, 0.3) is 0 Å². The van der Waals surface area contributed by atoms with Gasteiger partial charge >= 0.3 is 0 Å². The molecule has 3 N–H and O–H groups in total. The summed E-state index contributed by atoms with van der Waals surface area (Å²) >= 11 is 0. The number of likely N-dealkylation sites (N-methyl/N-ethyl adjacent to an activating group) is 1. The standard InChI is InChI=1S/C17H29N3O/c1-3-20-16(12-14-13-19-11-8-15(14)18)17(21-4-2)9-6-5-7-10-17/h8,11,13,16,20H,3-7,9-10,12H2,1-2H3,(H2,18,19). The van der Waals surface area contributed by atoms with Gasteiger partial charge < -0.3 is 15.8 Å². The summed E-state index contributed by atoms with van der Waals surface area (Å²) in [6, 6.07) is 2.18. The van der Waals surface area contributed by atoms with E-state index < -0.39 is 0 Å². The van der Waals surface area contributed by atoms with E-state index in [1.54, 1.807) is 6.20 Å². The highest BCUT2D eigenvalue weighted by Crippen LogP contribution is 2.36. The Morgan fingerprint density at radius 1 is 1.33 bits per heavy atom. The number of nitrogen functional groups attached to an aromatic ring is 1. The summed E-state index contributed by atoms with van der Waals surface area (Å²) in [5.74, 6) is 0. The zero-order chi connectivity index (χ0) is 15.1. The molecule has 1 aliphatic rings. The molecule has 4 nitrogen and oxygen atoms in total. The van der Waals surface area contributed by atoms with Crippen molar-refractivity contribution in [2.45, 2.75) is 64.0 Å². The lowest BCUT2D eigenvalue weighted by molar-refractivity contribution is -0.0894. The monoisotopic (exact) mass is 291 g/mol. The van der Waals surface area contributed by atoms with Crippen molar-refractivity contribution in [2.75, 3.05) is 18.9 Å². The Morgan fingerprint density at radius 2 is 2.10 bits per heavy atom. The van der Waals surface area contributed by atoms with Gasteiger partial charge in [0.2, 0.25) is 0 Å². The first kappa shape index (κ1) is 16.2. The van der Waals surface area contributed by atoms with E-state index in [4.69, 9.17) is 10.5 Å². The van der Waals surface area contributed by atoms with Crippen LogP contribution in [0.1, 0.15) is 51.5 Å². The third-order valence-electron chi connectivity index (χ3n) is 4.58. The predicted molar refractivity (Wildman–Crippen MR) is 87.3 cm³/mol. The SMILES string of the molecule is CCNC(Cc1cnccc1N)C1(OCC)CCCCC1. The topological polar surface area (TPSA) is 60.2 Å². The fraction of sp³-hybridized carbons (Fsp3) is 0.706.